The topological polar surface area (TPSA) is 70.2 Å². The summed E-state index contributed by atoms with van der Waals surface area (Å²) in [5.74, 6) is 0.495. The van der Waals surface area contributed by atoms with Crippen LogP contribution in [0.25, 0.3) is 0 Å². The van der Waals surface area contributed by atoms with Crippen molar-refractivity contribution in [3.63, 3.8) is 0 Å². The molecule has 1 aromatic heterocycles. The lowest BCUT2D eigenvalue weighted by Crippen LogP contribution is -2.36. The minimum absolute atomic E-state index is 0.123. The van der Waals surface area contributed by atoms with Gasteiger partial charge in [-0.3, -0.25) is 9.78 Å². The first-order chi connectivity index (χ1) is 11.8. The van der Waals surface area contributed by atoms with Crippen molar-refractivity contribution in [2.75, 3.05) is 36.5 Å². The molecule has 0 spiro atoms. The number of nitrogens with one attached hydrogen (secondary N) is 2. The van der Waals surface area contributed by atoms with Crippen molar-refractivity contribution in [2.24, 2.45) is 0 Å². The van der Waals surface area contributed by atoms with Crippen molar-refractivity contribution in [1.29, 1.82) is 0 Å². The van der Waals surface area contributed by atoms with E-state index in [1.807, 2.05) is 18.2 Å². The van der Waals surface area contributed by atoms with Crippen molar-refractivity contribution in [2.45, 2.75) is 26.2 Å². The second-order valence-electron chi connectivity index (χ2n) is 5.93. The van der Waals surface area contributed by atoms with E-state index < -0.39 is 0 Å². The number of hydrogen-bond donors (Lipinski definition) is 2. The molecule has 0 unspecified atom stereocenters. The number of unbranched alkanes of at least 4 members (excludes halogenated alkanes) is 1. The molecular formula is C18H24N4O2. The van der Waals surface area contributed by atoms with Gasteiger partial charge in [0.15, 0.2) is 0 Å². The van der Waals surface area contributed by atoms with Crippen LogP contribution >= 0.6 is 0 Å². The molecule has 1 aliphatic heterocycles. The maximum Gasteiger partial charge on any atom is 0.252 e. The highest BCUT2D eigenvalue weighted by Gasteiger charge is 2.15. The van der Waals surface area contributed by atoms with Gasteiger partial charge in [0, 0.05) is 24.8 Å². The summed E-state index contributed by atoms with van der Waals surface area (Å²) >= 11 is 0. The summed E-state index contributed by atoms with van der Waals surface area (Å²) in [6, 6.07) is 9.65. The molecule has 1 aromatic carbocycles. The van der Waals surface area contributed by atoms with Gasteiger partial charge < -0.3 is 15.0 Å². The Hall–Kier alpha value is -2.34. The summed E-state index contributed by atoms with van der Waals surface area (Å²) in [4.78, 5) is 21.5. The lowest BCUT2D eigenvalue weighted by atomic mass is 10.2. The van der Waals surface area contributed by atoms with Gasteiger partial charge in [0.2, 0.25) is 5.95 Å². The standard InChI is InChI=1S/C18H24N4O2/c1-2-3-6-14-13-17(23)21-18(19-14)20-15-7-4-5-8-16(15)22-9-11-24-12-10-22/h4-5,7-8,13H,2-3,6,9-12H2,1H3,(H2,19,20,21,23). The highest BCUT2D eigenvalue weighted by Crippen LogP contribution is 2.28. The van der Waals surface area contributed by atoms with Crippen molar-refractivity contribution < 1.29 is 4.74 Å². The second kappa shape index (κ2) is 7.97. The molecule has 0 saturated carbocycles. The van der Waals surface area contributed by atoms with Crippen molar-refractivity contribution in [3.8, 4) is 0 Å². The number of ether oxygens (including phenoxy) is 1. The lowest BCUT2D eigenvalue weighted by Gasteiger charge is -2.30. The van der Waals surface area contributed by atoms with E-state index >= 15 is 0 Å². The summed E-state index contributed by atoms with van der Waals surface area (Å²) in [7, 11) is 0. The Bertz CT molecular complexity index is 723. The number of H-pyrrole nitrogens is 1. The monoisotopic (exact) mass is 328 g/mol. The van der Waals surface area contributed by atoms with Crippen LogP contribution in [0.15, 0.2) is 35.1 Å². The molecule has 0 bridgehead atoms. The van der Waals surface area contributed by atoms with E-state index in [0.717, 1.165) is 62.6 Å². The van der Waals surface area contributed by atoms with Gasteiger partial charge in [0.05, 0.1) is 24.6 Å². The summed E-state index contributed by atoms with van der Waals surface area (Å²) in [5, 5.41) is 3.28. The summed E-state index contributed by atoms with van der Waals surface area (Å²) in [6.45, 7) is 5.31. The van der Waals surface area contributed by atoms with E-state index in [2.05, 4.69) is 33.2 Å². The van der Waals surface area contributed by atoms with E-state index in [0.29, 0.717) is 5.95 Å². The minimum Gasteiger partial charge on any atom is -0.378 e. The molecule has 24 heavy (non-hydrogen) atoms. The second-order valence-corrected chi connectivity index (χ2v) is 5.93. The van der Waals surface area contributed by atoms with Crippen LogP contribution in [0.2, 0.25) is 0 Å². The third kappa shape index (κ3) is 4.14. The molecule has 0 atom stereocenters. The number of aromatic nitrogens is 2. The van der Waals surface area contributed by atoms with Crippen LogP contribution in [-0.4, -0.2) is 36.3 Å². The Balaban J connectivity index is 1.83. The Labute approximate surface area is 141 Å². The number of aryl methyl sites for hydroxylation is 1. The zero-order valence-corrected chi connectivity index (χ0v) is 14.0. The molecule has 0 radical (unpaired) electrons. The van der Waals surface area contributed by atoms with Crippen molar-refractivity contribution in [1.82, 2.24) is 9.97 Å². The molecule has 1 aliphatic rings. The number of rotatable bonds is 6. The first-order valence-electron chi connectivity index (χ1n) is 8.55. The molecule has 6 nitrogen and oxygen atoms in total. The average molecular weight is 328 g/mol. The molecule has 128 valence electrons. The first kappa shape index (κ1) is 16.5. The zero-order valence-electron chi connectivity index (χ0n) is 14.0. The van der Waals surface area contributed by atoms with Gasteiger partial charge in [-0.2, -0.15) is 0 Å². The zero-order chi connectivity index (χ0) is 16.8. The van der Waals surface area contributed by atoms with E-state index in [9.17, 15) is 4.79 Å². The lowest BCUT2D eigenvalue weighted by molar-refractivity contribution is 0.123. The summed E-state index contributed by atoms with van der Waals surface area (Å²) in [5.41, 5.74) is 2.74. The van der Waals surface area contributed by atoms with E-state index in [1.54, 1.807) is 6.07 Å². The molecule has 2 N–H and O–H groups in total. The molecule has 1 saturated heterocycles. The number of benzene rings is 1. The highest BCUT2D eigenvalue weighted by atomic mass is 16.5. The normalized spacial score (nSPS) is 14.6. The molecule has 1 fully saturated rings. The number of hydrogen-bond acceptors (Lipinski definition) is 5. The Kier molecular flexibility index (Phi) is 5.48. The van der Waals surface area contributed by atoms with Crippen molar-refractivity contribution in [3.05, 3.63) is 46.4 Å². The van der Waals surface area contributed by atoms with Gasteiger partial charge in [-0.15, -0.1) is 0 Å². The number of morpholine rings is 1. The van der Waals surface area contributed by atoms with Crippen LogP contribution in [-0.2, 0) is 11.2 Å². The largest absolute Gasteiger partial charge is 0.378 e. The number of aromatic amines is 1. The first-order valence-corrected chi connectivity index (χ1v) is 8.55. The van der Waals surface area contributed by atoms with Gasteiger partial charge in [0.1, 0.15) is 0 Å². The van der Waals surface area contributed by atoms with Crippen LogP contribution in [0.4, 0.5) is 17.3 Å². The third-order valence-corrected chi connectivity index (χ3v) is 4.09. The van der Waals surface area contributed by atoms with Crippen molar-refractivity contribution >= 4 is 17.3 Å². The predicted molar refractivity (Wildman–Crippen MR) is 96.2 cm³/mol. The number of nitrogens with zero attached hydrogens (tertiary/aromatic N) is 2. The SMILES string of the molecule is CCCCc1cc(=O)[nH]c(Nc2ccccc2N2CCOCC2)n1. The van der Waals surface area contributed by atoms with Crippen LogP contribution in [0, 0.1) is 0 Å². The molecule has 2 aromatic rings. The minimum atomic E-state index is -0.123. The molecule has 3 rings (SSSR count). The van der Waals surface area contributed by atoms with E-state index in [1.165, 1.54) is 0 Å². The summed E-state index contributed by atoms with van der Waals surface area (Å²) in [6.07, 6.45) is 2.93. The van der Waals surface area contributed by atoms with Gasteiger partial charge in [0.25, 0.3) is 5.56 Å². The van der Waals surface area contributed by atoms with Crippen LogP contribution in [0.5, 0.6) is 0 Å². The van der Waals surface area contributed by atoms with E-state index in [4.69, 9.17) is 4.74 Å². The molecule has 2 heterocycles. The van der Waals surface area contributed by atoms with Gasteiger partial charge >= 0.3 is 0 Å². The molecule has 0 aliphatic carbocycles. The van der Waals surface area contributed by atoms with Gasteiger partial charge in [-0.1, -0.05) is 25.5 Å². The fraction of sp³-hybridized carbons (Fsp3) is 0.444. The molecule has 0 amide bonds. The molecule has 6 heteroatoms. The quantitative estimate of drug-likeness (QED) is 0.853. The Morgan fingerprint density at radius 3 is 2.88 bits per heavy atom. The Morgan fingerprint density at radius 2 is 2.08 bits per heavy atom. The third-order valence-electron chi connectivity index (χ3n) is 4.09. The summed E-state index contributed by atoms with van der Waals surface area (Å²) < 4.78 is 5.43. The predicted octanol–water partition coefficient (Wildman–Crippen LogP) is 2.69. The average Bonchev–Trinajstić information content (AvgIpc) is 2.61. The van der Waals surface area contributed by atoms with Crippen LogP contribution in [0.1, 0.15) is 25.5 Å². The smallest absolute Gasteiger partial charge is 0.252 e. The highest BCUT2D eigenvalue weighted by molar-refractivity contribution is 5.73. The maximum absolute atomic E-state index is 11.9. The number of anilines is 3. The Morgan fingerprint density at radius 1 is 1.29 bits per heavy atom. The maximum atomic E-state index is 11.9. The fourth-order valence-corrected chi connectivity index (χ4v) is 2.84. The van der Waals surface area contributed by atoms with Gasteiger partial charge in [-0.25, -0.2) is 4.98 Å². The number of para-hydroxylation sites is 2. The van der Waals surface area contributed by atoms with E-state index in [-0.39, 0.29) is 5.56 Å². The van der Waals surface area contributed by atoms with Gasteiger partial charge in [-0.05, 0) is 25.0 Å². The van der Waals surface area contributed by atoms with Crippen LogP contribution < -0.4 is 15.8 Å². The fourth-order valence-electron chi connectivity index (χ4n) is 2.84. The molecular weight excluding hydrogens is 304 g/mol. The van der Waals surface area contributed by atoms with Crippen LogP contribution in [0.3, 0.4) is 0 Å².